The van der Waals surface area contributed by atoms with Crippen LogP contribution in [0.5, 0.6) is 5.75 Å². The van der Waals surface area contributed by atoms with E-state index < -0.39 is 11.5 Å². The van der Waals surface area contributed by atoms with E-state index in [1.54, 1.807) is 26.0 Å². The molecular formula is C15H19N3O3S. The summed E-state index contributed by atoms with van der Waals surface area (Å²) in [5.74, 6) is -0.423. The lowest BCUT2D eigenvalue weighted by Gasteiger charge is -2.36. The van der Waals surface area contributed by atoms with Gasteiger partial charge in [-0.1, -0.05) is 12.1 Å². The van der Waals surface area contributed by atoms with Gasteiger partial charge < -0.3 is 20.1 Å². The number of carboxylic acid groups (broad SMARTS) is 1. The van der Waals surface area contributed by atoms with E-state index in [0.29, 0.717) is 11.4 Å². The second-order valence-electron chi connectivity index (χ2n) is 5.05. The van der Waals surface area contributed by atoms with Crippen LogP contribution in [0.3, 0.4) is 0 Å². The summed E-state index contributed by atoms with van der Waals surface area (Å²) in [5.41, 5.74) is -0.596. The number of nitriles is 1. The van der Waals surface area contributed by atoms with Gasteiger partial charge in [0, 0.05) is 6.54 Å². The molecule has 0 aliphatic carbocycles. The average molecular weight is 321 g/mol. The van der Waals surface area contributed by atoms with Crippen molar-refractivity contribution in [1.82, 2.24) is 4.90 Å². The molecule has 118 valence electrons. The number of aliphatic carboxylic acids is 1. The molecular weight excluding hydrogens is 302 g/mol. The van der Waals surface area contributed by atoms with Crippen LogP contribution in [0.15, 0.2) is 24.3 Å². The van der Waals surface area contributed by atoms with Gasteiger partial charge in [0.1, 0.15) is 11.3 Å². The van der Waals surface area contributed by atoms with Gasteiger partial charge in [0.15, 0.2) is 5.11 Å². The number of methoxy groups -OCH3 is 1. The number of carbonyl (C=O) groups is 1. The topological polar surface area (TPSA) is 85.6 Å². The van der Waals surface area contributed by atoms with Crippen LogP contribution in [0.1, 0.15) is 20.3 Å². The molecule has 0 aliphatic rings. The molecule has 1 rings (SSSR count). The molecule has 0 unspecified atom stereocenters. The van der Waals surface area contributed by atoms with Crippen molar-refractivity contribution in [3.63, 3.8) is 0 Å². The van der Waals surface area contributed by atoms with Crippen molar-refractivity contribution in [3.05, 3.63) is 24.3 Å². The summed E-state index contributed by atoms with van der Waals surface area (Å²) in [7, 11) is 1.54. The van der Waals surface area contributed by atoms with Gasteiger partial charge in [0.2, 0.25) is 0 Å². The Morgan fingerprint density at radius 2 is 2.14 bits per heavy atom. The van der Waals surface area contributed by atoms with Crippen LogP contribution in [-0.4, -0.2) is 40.3 Å². The maximum Gasteiger partial charge on any atom is 0.329 e. The third-order valence-corrected chi connectivity index (χ3v) is 3.56. The van der Waals surface area contributed by atoms with Gasteiger partial charge in [-0.3, -0.25) is 0 Å². The molecule has 1 aromatic carbocycles. The highest BCUT2D eigenvalue weighted by Gasteiger charge is 2.36. The van der Waals surface area contributed by atoms with Crippen molar-refractivity contribution in [2.24, 2.45) is 0 Å². The Morgan fingerprint density at radius 1 is 1.50 bits per heavy atom. The normalized spacial score (nSPS) is 10.5. The standard InChI is InChI=1S/C15H19N3O3S/c1-15(2,13(19)20)18(10-6-9-16)14(22)17-11-7-4-5-8-12(11)21-3/h4-5,7-8H,6,10H2,1-3H3,(H,17,22)(H,19,20). The molecule has 0 spiro atoms. The van der Waals surface area contributed by atoms with Crippen LogP contribution in [0.25, 0.3) is 0 Å². The van der Waals surface area contributed by atoms with Crippen molar-refractivity contribution in [2.45, 2.75) is 25.8 Å². The van der Waals surface area contributed by atoms with Crippen LogP contribution in [-0.2, 0) is 4.79 Å². The highest BCUT2D eigenvalue weighted by molar-refractivity contribution is 7.80. The molecule has 0 saturated carbocycles. The summed E-state index contributed by atoms with van der Waals surface area (Å²) < 4.78 is 5.23. The van der Waals surface area contributed by atoms with Crippen LogP contribution < -0.4 is 10.1 Å². The second-order valence-corrected chi connectivity index (χ2v) is 5.44. The van der Waals surface area contributed by atoms with E-state index in [2.05, 4.69) is 5.32 Å². The van der Waals surface area contributed by atoms with E-state index >= 15 is 0 Å². The number of nitrogens with one attached hydrogen (secondary N) is 1. The molecule has 7 heteroatoms. The van der Waals surface area contributed by atoms with Crippen LogP contribution in [0.2, 0.25) is 0 Å². The first-order valence-electron chi connectivity index (χ1n) is 6.66. The molecule has 1 aromatic rings. The molecule has 0 fully saturated rings. The Kier molecular flexibility index (Phi) is 6.13. The van der Waals surface area contributed by atoms with Gasteiger partial charge in [-0.25, -0.2) is 4.79 Å². The number of hydrogen-bond donors (Lipinski definition) is 2. The molecule has 0 aromatic heterocycles. The van der Waals surface area contributed by atoms with Crippen molar-refractivity contribution >= 4 is 29.0 Å². The number of hydrogen-bond acceptors (Lipinski definition) is 4. The Morgan fingerprint density at radius 3 is 2.68 bits per heavy atom. The Labute approximate surface area is 135 Å². The maximum atomic E-state index is 11.5. The van der Waals surface area contributed by atoms with Gasteiger partial charge in [0.25, 0.3) is 0 Å². The second kappa shape index (κ2) is 7.61. The molecule has 22 heavy (non-hydrogen) atoms. The third kappa shape index (κ3) is 4.09. The van der Waals surface area contributed by atoms with E-state index in [-0.39, 0.29) is 18.1 Å². The number of nitrogens with zero attached hydrogens (tertiary/aromatic N) is 2. The first kappa shape index (κ1) is 17.7. The van der Waals surface area contributed by atoms with Crippen molar-refractivity contribution in [1.29, 1.82) is 5.26 Å². The molecule has 0 aliphatic heterocycles. The fourth-order valence-corrected chi connectivity index (χ4v) is 2.27. The summed E-state index contributed by atoms with van der Waals surface area (Å²) in [6.07, 6.45) is 0.171. The molecule has 2 N–H and O–H groups in total. The lowest BCUT2D eigenvalue weighted by Crippen LogP contribution is -2.54. The van der Waals surface area contributed by atoms with E-state index in [0.717, 1.165) is 0 Å². The molecule has 0 amide bonds. The minimum absolute atomic E-state index is 0.171. The highest BCUT2D eigenvalue weighted by atomic mass is 32.1. The molecule has 0 bridgehead atoms. The summed E-state index contributed by atoms with van der Waals surface area (Å²) in [5, 5.41) is 21.4. The molecule has 0 radical (unpaired) electrons. The number of thiocarbonyl (C=S) groups is 1. The lowest BCUT2D eigenvalue weighted by molar-refractivity contribution is -0.146. The Bertz CT molecular complexity index is 596. The molecule has 0 saturated heterocycles. The van der Waals surface area contributed by atoms with Gasteiger partial charge in [-0.15, -0.1) is 0 Å². The zero-order valence-electron chi connectivity index (χ0n) is 12.8. The first-order valence-corrected chi connectivity index (χ1v) is 7.07. The van der Waals surface area contributed by atoms with E-state index in [1.165, 1.54) is 12.0 Å². The number of para-hydroxylation sites is 2. The van der Waals surface area contributed by atoms with E-state index in [1.807, 2.05) is 18.2 Å². The summed E-state index contributed by atoms with van der Waals surface area (Å²) >= 11 is 5.33. The van der Waals surface area contributed by atoms with Crippen molar-refractivity contribution < 1.29 is 14.6 Å². The summed E-state index contributed by atoms with van der Waals surface area (Å²) in [6.45, 7) is 3.31. The van der Waals surface area contributed by atoms with Gasteiger partial charge in [0.05, 0.1) is 25.3 Å². The monoisotopic (exact) mass is 321 g/mol. The smallest absolute Gasteiger partial charge is 0.329 e. The average Bonchev–Trinajstić information content (AvgIpc) is 2.47. The van der Waals surface area contributed by atoms with Gasteiger partial charge >= 0.3 is 5.97 Å². The van der Waals surface area contributed by atoms with Crippen molar-refractivity contribution in [3.8, 4) is 11.8 Å². The predicted octanol–water partition coefficient (Wildman–Crippen LogP) is 2.47. The fraction of sp³-hybridized carbons (Fsp3) is 0.400. The zero-order valence-corrected chi connectivity index (χ0v) is 13.6. The summed E-state index contributed by atoms with van der Waals surface area (Å²) in [4.78, 5) is 13.0. The molecule has 6 nitrogen and oxygen atoms in total. The number of anilines is 1. The maximum absolute atomic E-state index is 11.5. The fourth-order valence-electron chi connectivity index (χ4n) is 1.84. The number of carboxylic acids is 1. The van der Waals surface area contributed by atoms with Gasteiger partial charge in [-0.05, 0) is 38.2 Å². The Balaban J connectivity index is 3.02. The van der Waals surface area contributed by atoms with E-state index in [9.17, 15) is 9.90 Å². The zero-order chi connectivity index (χ0) is 16.8. The quantitative estimate of drug-likeness (QED) is 0.778. The predicted molar refractivity (Wildman–Crippen MR) is 87.9 cm³/mol. The number of rotatable bonds is 6. The minimum atomic E-state index is -1.23. The largest absolute Gasteiger partial charge is 0.495 e. The summed E-state index contributed by atoms with van der Waals surface area (Å²) in [6, 6.07) is 9.19. The SMILES string of the molecule is COc1ccccc1NC(=S)N(CCC#N)C(C)(C)C(=O)O. The number of ether oxygens (including phenoxy) is 1. The minimum Gasteiger partial charge on any atom is -0.495 e. The Hall–Kier alpha value is -2.33. The van der Waals surface area contributed by atoms with Crippen LogP contribution in [0, 0.1) is 11.3 Å². The van der Waals surface area contributed by atoms with E-state index in [4.69, 9.17) is 22.2 Å². The lowest BCUT2D eigenvalue weighted by atomic mass is 10.0. The van der Waals surface area contributed by atoms with Gasteiger partial charge in [-0.2, -0.15) is 5.26 Å². The number of benzene rings is 1. The first-order chi connectivity index (χ1) is 10.3. The van der Waals surface area contributed by atoms with Crippen LogP contribution >= 0.6 is 12.2 Å². The molecule has 0 heterocycles. The van der Waals surface area contributed by atoms with Crippen LogP contribution in [0.4, 0.5) is 5.69 Å². The van der Waals surface area contributed by atoms with Crippen molar-refractivity contribution in [2.75, 3.05) is 19.0 Å². The third-order valence-electron chi connectivity index (χ3n) is 3.24. The molecule has 0 atom stereocenters. The highest BCUT2D eigenvalue weighted by Crippen LogP contribution is 2.25.